The maximum absolute atomic E-state index is 13.2. The molecule has 0 bridgehead atoms. The van der Waals surface area contributed by atoms with Gasteiger partial charge in [0.2, 0.25) is 0 Å². The lowest BCUT2D eigenvalue weighted by Gasteiger charge is -2.15. The van der Waals surface area contributed by atoms with E-state index in [0.717, 1.165) is 23.3 Å². The molecular formula is C23H20ClN3O4S. The van der Waals surface area contributed by atoms with Gasteiger partial charge in [0.15, 0.2) is 11.5 Å². The molecule has 1 saturated carbocycles. The summed E-state index contributed by atoms with van der Waals surface area (Å²) in [5.74, 6) is 1.27. The van der Waals surface area contributed by atoms with E-state index in [1.54, 1.807) is 18.2 Å². The lowest BCUT2D eigenvalue weighted by atomic mass is 10.2. The minimum Gasteiger partial charge on any atom is -0.493 e. The molecule has 1 N–H and O–H groups in total. The molecule has 0 aliphatic heterocycles. The van der Waals surface area contributed by atoms with Crippen molar-refractivity contribution in [2.45, 2.75) is 18.9 Å². The Balaban J connectivity index is 1.46. The van der Waals surface area contributed by atoms with Crippen LogP contribution in [0.4, 0.5) is 0 Å². The van der Waals surface area contributed by atoms with E-state index in [2.05, 4.69) is 10.3 Å². The van der Waals surface area contributed by atoms with Crippen LogP contribution in [0, 0.1) is 5.92 Å². The molecule has 1 fully saturated rings. The van der Waals surface area contributed by atoms with Gasteiger partial charge in [0.1, 0.15) is 16.8 Å². The number of thiophene rings is 1. The molecule has 0 saturated heterocycles. The molecular weight excluding hydrogens is 450 g/mol. The normalized spacial score (nSPS) is 14.5. The molecule has 2 heterocycles. The number of halogens is 1. The van der Waals surface area contributed by atoms with Crippen LogP contribution in [0.25, 0.3) is 26.3 Å². The second kappa shape index (κ2) is 8.54. The second-order valence-electron chi connectivity index (χ2n) is 7.69. The number of aliphatic hydroxyl groups is 1. The third-order valence-electron chi connectivity index (χ3n) is 5.44. The molecule has 1 atom stereocenters. The number of hydrogen-bond acceptors (Lipinski definition) is 7. The highest BCUT2D eigenvalue weighted by molar-refractivity contribution is 7.22. The minimum absolute atomic E-state index is 0.203. The van der Waals surface area contributed by atoms with Crippen molar-refractivity contribution >= 4 is 33.2 Å². The summed E-state index contributed by atoms with van der Waals surface area (Å²) in [6.07, 6.45) is 1.59. The lowest BCUT2D eigenvalue weighted by molar-refractivity contribution is 0.0879. The van der Waals surface area contributed by atoms with E-state index in [1.165, 1.54) is 23.1 Å². The number of methoxy groups -OCH3 is 1. The average Bonchev–Trinajstić information content (AvgIpc) is 3.57. The molecule has 1 aliphatic carbocycles. The summed E-state index contributed by atoms with van der Waals surface area (Å²) in [5, 5.41) is 19.0. The van der Waals surface area contributed by atoms with E-state index in [9.17, 15) is 9.90 Å². The van der Waals surface area contributed by atoms with E-state index in [1.807, 2.05) is 30.3 Å². The van der Waals surface area contributed by atoms with Crippen LogP contribution in [0.2, 0.25) is 5.02 Å². The van der Waals surface area contributed by atoms with Crippen LogP contribution in [-0.2, 0) is 0 Å². The lowest BCUT2D eigenvalue weighted by Crippen LogP contribution is -2.22. The fourth-order valence-corrected chi connectivity index (χ4v) is 4.61. The number of aromatic nitrogens is 3. The summed E-state index contributed by atoms with van der Waals surface area (Å²) in [6.45, 7) is 0.203. The third-order valence-corrected chi connectivity index (χ3v) is 6.85. The number of nitrogens with zero attached hydrogens (tertiary/aromatic N) is 3. The summed E-state index contributed by atoms with van der Waals surface area (Å²) < 4.78 is 12.9. The molecule has 0 spiro atoms. The van der Waals surface area contributed by atoms with Crippen LogP contribution in [0.5, 0.6) is 11.5 Å². The second-order valence-corrected chi connectivity index (χ2v) is 9.18. The van der Waals surface area contributed by atoms with Crippen LogP contribution >= 0.6 is 22.9 Å². The molecule has 9 heteroatoms. The molecule has 32 heavy (non-hydrogen) atoms. The van der Waals surface area contributed by atoms with Gasteiger partial charge in [-0.2, -0.15) is 4.68 Å². The number of benzene rings is 2. The van der Waals surface area contributed by atoms with Crippen molar-refractivity contribution in [3.63, 3.8) is 0 Å². The van der Waals surface area contributed by atoms with Crippen LogP contribution in [0.3, 0.4) is 0 Å². The van der Waals surface area contributed by atoms with Gasteiger partial charge in [0.05, 0.1) is 18.9 Å². The highest BCUT2D eigenvalue weighted by atomic mass is 35.5. The SMILES string of the molecule is COc1cc(-n2nnc3cc(-c4ccc(Cl)cc4)sc3c2=O)ccc1OCC(O)C1CC1. The van der Waals surface area contributed by atoms with E-state index >= 15 is 0 Å². The smallest absolute Gasteiger partial charge is 0.292 e. The first kappa shape index (κ1) is 20.9. The topological polar surface area (TPSA) is 86.5 Å². The molecule has 5 rings (SSSR count). The Morgan fingerprint density at radius 1 is 1.19 bits per heavy atom. The van der Waals surface area contributed by atoms with Crippen molar-refractivity contribution in [3.05, 3.63) is 63.9 Å². The zero-order valence-electron chi connectivity index (χ0n) is 17.2. The zero-order valence-corrected chi connectivity index (χ0v) is 18.8. The van der Waals surface area contributed by atoms with Gasteiger partial charge in [-0.1, -0.05) is 28.9 Å². The fraction of sp³-hybridized carbons (Fsp3) is 0.261. The molecule has 4 aromatic rings. The molecule has 2 aromatic heterocycles. The van der Waals surface area contributed by atoms with Crippen LogP contribution in [0.1, 0.15) is 12.8 Å². The molecule has 7 nitrogen and oxygen atoms in total. The summed E-state index contributed by atoms with van der Waals surface area (Å²) in [4.78, 5) is 14.1. The Morgan fingerprint density at radius 2 is 1.97 bits per heavy atom. The summed E-state index contributed by atoms with van der Waals surface area (Å²) >= 11 is 7.34. The van der Waals surface area contributed by atoms with Crippen molar-refractivity contribution in [1.82, 2.24) is 15.0 Å². The highest BCUT2D eigenvalue weighted by Crippen LogP contribution is 2.35. The van der Waals surface area contributed by atoms with E-state index < -0.39 is 6.10 Å². The van der Waals surface area contributed by atoms with Gasteiger partial charge in [-0.05, 0) is 54.7 Å². The quantitative estimate of drug-likeness (QED) is 0.433. The van der Waals surface area contributed by atoms with Crippen molar-refractivity contribution in [1.29, 1.82) is 0 Å². The molecule has 0 amide bonds. The number of fused-ring (bicyclic) bond motifs is 1. The molecule has 0 radical (unpaired) electrons. The average molecular weight is 470 g/mol. The Kier molecular flexibility index (Phi) is 5.58. The van der Waals surface area contributed by atoms with Crippen molar-refractivity contribution < 1.29 is 14.6 Å². The largest absolute Gasteiger partial charge is 0.493 e. The molecule has 2 aromatic carbocycles. The first-order valence-electron chi connectivity index (χ1n) is 10.2. The third kappa shape index (κ3) is 4.09. The van der Waals surface area contributed by atoms with Crippen LogP contribution in [0.15, 0.2) is 53.3 Å². The first-order chi connectivity index (χ1) is 15.5. The molecule has 1 aliphatic rings. The Labute approximate surface area is 192 Å². The highest BCUT2D eigenvalue weighted by Gasteiger charge is 2.30. The van der Waals surface area contributed by atoms with Crippen LogP contribution in [-0.4, -0.2) is 39.9 Å². The standard InChI is InChI=1S/C23H20ClN3O4S/c1-30-20-10-16(8-9-19(20)31-12-18(28)13-2-3-13)27-23(29)22-17(25-26-27)11-21(32-22)14-4-6-15(24)7-5-14/h4-11,13,18,28H,2-3,12H2,1H3. The Morgan fingerprint density at radius 3 is 2.69 bits per heavy atom. The predicted molar refractivity (Wildman–Crippen MR) is 124 cm³/mol. The number of rotatable bonds is 7. The zero-order chi connectivity index (χ0) is 22.2. The summed E-state index contributed by atoms with van der Waals surface area (Å²) in [6, 6.07) is 14.4. The van der Waals surface area contributed by atoms with Crippen molar-refractivity contribution in [3.8, 4) is 27.6 Å². The first-order valence-corrected chi connectivity index (χ1v) is 11.4. The maximum atomic E-state index is 13.2. The number of hydrogen-bond donors (Lipinski definition) is 1. The predicted octanol–water partition coefficient (Wildman–Crippen LogP) is 4.32. The monoisotopic (exact) mass is 469 g/mol. The fourth-order valence-electron chi connectivity index (χ4n) is 3.46. The van der Waals surface area contributed by atoms with Gasteiger partial charge in [-0.3, -0.25) is 4.79 Å². The van der Waals surface area contributed by atoms with E-state index in [4.69, 9.17) is 21.1 Å². The number of aliphatic hydroxyl groups excluding tert-OH is 1. The molecule has 1 unspecified atom stereocenters. The van der Waals surface area contributed by atoms with Gasteiger partial charge >= 0.3 is 0 Å². The Bertz CT molecular complexity index is 1330. The van der Waals surface area contributed by atoms with Gasteiger partial charge in [-0.25, -0.2) is 0 Å². The summed E-state index contributed by atoms with van der Waals surface area (Å²) in [7, 11) is 1.53. The van der Waals surface area contributed by atoms with Gasteiger partial charge in [0.25, 0.3) is 5.56 Å². The molecule has 164 valence electrons. The van der Waals surface area contributed by atoms with Gasteiger partial charge < -0.3 is 14.6 Å². The van der Waals surface area contributed by atoms with Crippen molar-refractivity contribution in [2.24, 2.45) is 5.92 Å². The Hall–Kier alpha value is -2.94. The number of ether oxygens (including phenoxy) is 2. The van der Waals surface area contributed by atoms with Gasteiger partial charge in [0, 0.05) is 16.0 Å². The summed E-state index contributed by atoms with van der Waals surface area (Å²) in [5.41, 5.74) is 1.75. The maximum Gasteiger partial charge on any atom is 0.292 e. The van der Waals surface area contributed by atoms with Crippen molar-refractivity contribution in [2.75, 3.05) is 13.7 Å². The van der Waals surface area contributed by atoms with Gasteiger partial charge in [-0.15, -0.1) is 16.4 Å². The van der Waals surface area contributed by atoms with E-state index in [0.29, 0.717) is 38.3 Å². The minimum atomic E-state index is -0.482. The van der Waals surface area contributed by atoms with Crippen LogP contribution < -0.4 is 15.0 Å². The van der Waals surface area contributed by atoms with E-state index in [-0.39, 0.29) is 12.2 Å².